The Balaban J connectivity index is 1.62. The molecule has 0 aromatic carbocycles. The van der Waals surface area contributed by atoms with Crippen LogP contribution in [-0.4, -0.2) is 25.8 Å². The largest absolute Gasteiger partial charge is 0.360 e. The highest BCUT2D eigenvalue weighted by atomic mass is 16.5. The Kier molecular flexibility index (Phi) is 3.96. The summed E-state index contributed by atoms with van der Waals surface area (Å²) in [6.45, 7) is 4.31. The first-order valence-electron chi connectivity index (χ1n) is 7.69. The van der Waals surface area contributed by atoms with Crippen LogP contribution in [0.4, 0.5) is 0 Å². The van der Waals surface area contributed by atoms with E-state index in [4.69, 9.17) is 4.52 Å². The fourth-order valence-corrected chi connectivity index (χ4v) is 2.47. The Bertz CT molecular complexity index is 669. The van der Waals surface area contributed by atoms with E-state index in [9.17, 15) is 4.79 Å². The van der Waals surface area contributed by atoms with Crippen LogP contribution < -0.4 is 5.32 Å². The maximum absolute atomic E-state index is 12.1. The summed E-state index contributed by atoms with van der Waals surface area (Å²) in [6, 6.07) is 1.68. The molecule has 2 aromatic heterocycles. The minimum absolute atomic E-state index is 0.206. The molecule has 1 aliphatic carbocycles. The van der Waals surface area contributed by atoms with Crippen molar-refractivity contribution in [2.75, 3.05) is 0 Å². The zero-order chi connectivity index (χ0) is 15.7. The van der Waals surface area contributed by atoms with Crippen molar-refractivity contribution in [3.63, 3.8) is 0 Å². The maximum Gasteiger partial charge on any atom is 0.273 e. The van der Waals surface area contributed by atoms with Crippen molar-refractivity contribution < 1.29 is 9.32 Å². The summed E-state index contributed by atoms with van der Waals surface area (Å²) < 4.78 is 7.12. The van der Waals surface area contributed by atoms with Crippen LogP contribution in [0.25, 0.3) is 0 Å². The first-order valence-corrected chi connectivity index (χ1v) is 7.69. The van der Waals surface area contributed by atoms with Crippen LogP contribution in [0, 0.1) is 0 Å². The van der Waals surface area contributed by atoms with Crippen molar-refractivity contribution in [1.82, 2.24) is 25.2 Å². The molecule has 0 atom stereocenters. The van der Waals surface area contributed by atoms with E-state index in [1.54, 1.807) is 6.07 Å². The van der Waals surface area contributed by atoms with E-state index in [-0.39, 0.29) is 11.8 Å². The van der Waals surface area contributed by atoms with Gasteiger partial charge in [0.25, 0.3) is 5.91 Å². The number of nitrogens with one attached hydrogen (secondary N) is 1. The Hall–Kier alpha value is -2.18. The third kappa shape index (κ3) is 2.75. The van der Waals surface area contributed by atoms with Gasteiger partial charge in [-0.1, -0.05) is 25.4 Å². The van der Waals surface area contributed by atoms with Gasteiger partial charge in [0.2, 0.25) is 0 Å². The fraction of sp³-hybridized carbons (Fsp3) is 0.600. The third-order valence-corrected chi connectivity index (χ3v) is 4.21. The standard InChI is InChI=1S/C15H21N5O2/c1-9(2)12-7-11(19-22-12)15(21)16-8-13-17-18-14(20(13)3)10-5-4-6-10/h7,9-10H,4-6,8H2,1-3H3,(H,16,21). The summed E-state index contributed by atoms with van der Waals surface area (Å²) in [6.07, 6.45) is 3.61. The quantitative estimate of drug-likeness (QED) is 0.914. The highest BCUT2D eigenvalue weighted by Crippen LogP contribution is 2.35. The first-order chi connectivity index (χ1) is 10.6. The van der Waals surface area contributed by atoms with E-state index in [0.29, 0.717) is 23.9 Å². The normalized spacial score (nSPS) is 15.1. The minimum atomic E-state index is -0.260. The summed E-state index contributed by atoms with van der Waals surface area (Å²) >= 11 is 0. The lowest BCUT2D eigenvalue weighted by Crippen LogP contribution is -2.25. The molecular formula is C15H21N5O2. The fourth-order valence-electron chi connectivity index (χ4n) is 2.47. The second-order valence-corrected chi connectivity index (χ2v) is 6.11. The van der Waals surface area contributed by atoms with Crippen LogP contribution in [0.5, 0.6) is 0 Å². The van der Waals surface area contributed by atoms with Gasteiger partial charge in [-0.2, -0.15) is 0 Å². The summed E-state index contributed by atoms with van der Waals surface area (Å²) in [4.78, 5) is 12.1. The molecule has 2 heterocycles. The van der Waals surface area contributed by atoms with Gasteiger partial charge in [-0.3, -0.25) is 4.79 Å². The average molecular weight is 303 g/mol. The number of hydrogen-bond acceptors (Lipinski definition) is 5. The Morgan fingerprint density at radius 3 is 2.82 bits per heavy atom. The molecule has 7 nitrogen and oxygen atoms in total. The molecule has 1 saturated carbocycles. The Morgan fingerprint density at radius 2 is 2.23 bits per heavy atom. The van der Waals surface area contributed by atoms with Crippen molar-refractivity contribution in [3.05, 3.63) is 29.2 Å². The topological polar surface area (TPSA) is 85.8 Å². The molecular weight excluding hydrogens is 282 g/mol. The maximum atomic E-state index is 12.1. The number of amides is 1. The Morgan fingerprint density at radius 1 is 1.45 bits per heavy atom. The zero-order valence-electron chi connectivity index (χ0n) is 13.2. The average Bonchev–Trinajstić information content (AvgIpc) is 3.04. The summed E-state index contributed by atoms with van der Waals surface area (Å²) in [5.74, 6) is 2.94. The molecule has 0 saturated heterocycles. The van der Waals surface area contributed by atoms with Crippen LogP contribution >= 0.6 is 0 Å². The van der Waals surface area contributed by atoms with Gasteiger partial charge in [0.15, 0.2) is 11.5 Å². The number of nitrogens with zero attached hydrogens (tertiary/aromatic N) is 4. The van der Waals surface area contributed by atoms with Crippen LogP contribution in [0.1, 0.15) is 72.8 Å². The van der Waals surface area contributed by atoms with Crippen LogP contribution in [0.3, 0.4) is 0 Å². The molecule has 0 unspecified atom stereocenters. The van der Waals surface area contributed by atoms with Crippen molar-refractivity contribution in [2.45, 2.75) is 51.5 Å². The van der Waals surface area contributed by atoms with E-state index in [1.165, 1.54) is 19.3 Å². The lowest BCUT2D eigenvalue weighted by atomic mass is 9.85. The molecule has 1 fully saturated rings. The van der Waals surface area contributed by atoms with Gasteiger partial charge in [0.05, 0.1) is 6.54 Å². The van der Waals surface area contributed by atoms with Crippen molar-refractivity contribution in [2.24, 2.45) is 7.05 Å². The molecule has 1 amide bonds. The van der Waals surface area contributed by atoms with Gasteiger partial charge in [-0.25, -0.2) is 0 Å². The summed E-state index contributed by atoms with van der Waals surface area (Å²) in [5, 5.41) is 15.0. The molecule has 22 heavy (non-hydrogen) atoms. The van der Waals surface area contributed by atoms with Crippen LogP contribution in [-0.2, 0) is 13.6 Å². The van der Waals surface area contributed by atoms with Crippen molar-refractivity contribution >= 4 is 5.91 Å². The zero-order valence-corrected chi connectivity index (χ0v) is 13.2. The second-order valence-electron chi connectivity index (χ2n) is 6.11. The van der Waals surface area contributed by atoms with E-state index in [0.717, 1.165) is 11.6 Å². The van der Waals surface area contributed by atoms with Gasteiger partial charge < -0.3 is 14.4 Å². The predicted octanol–water partition coefficient (Wildman–Crippen LogP) is 2.12. The van der Waals surface area contributed by atoms with Gasteiger partial charge in [-0.15, -0.1) is 10.2 Å². The number of aromatic nitrogens is 4. The molecule has 0 aliphatic heterocycles. The monoisotopic (exact) mass is 303 g/mol. The first kappa shape index (κ1) is 14.7. The van der Waals surface area contributed by atoms with E-state index < -0.39 is 0 Å². The van der Waals surface area contributed by atoms with E-state index in [2.05, 4.69) is 20.7 Å². The highest BCUT2D eigenvalue weighted by Gasteiger charge is 2.25. The molecule has 0 bridgehead atoms. The van der Waals surface area contributed by atoms with Gasteiger partial charge in [0, 0.05) is 24.9 Å². The lowest BCUT2D eigenvalue weighted by Gasteiger charge is -2.24. The van der Waals surface area contributed by atoms with Gasteiger partial charge in [-0.05, 0) is 12.8 Å². The summed E-state index contributed by atoms with van der Waals surface area (Å²) in [5.41, 5.74) is 0.296. The number of hydrogen-bond donors (Lipinski definition) is 1. The van der Waals surface area contributed by atoms with Crippen LogP contribution in [0.2, 0.25) is 0 Å². The molecule has 1 N–H and O–H groups in total. The molecule has 0 radical (unpaired) electrons. The number of carbonyl (C=O) groups excluding carboxylic acids is 1. The minimum Gasteiger partial charge on any atom is -0.360 e. The lowest BCUT2D eigenvalue weighted by molar-refractivity contribution is 0.0940. The molecule has 1 aliphatic rings. The molecule has 2 aromatic rings. The van der Waals surface area contributed by atoms with Crippen molar-refractivity contribution in [3.8, 4) is 0 Å². The highest BCUT2D eigenvalue weighted by molar-refractivity contribution is 5.92. The second kappa shape index (κ2) is 5.90. The molecule has 7 heteroatoms. The molecule has 3 rings (SSSR count). The number of carbonyl (C=O) groups is 1. The molecule has 118 valence electrons. The number of rotatable bonds is 5. The summed E-state index contributed by atoms with van der Waals surface area (Å²) in [7, 11) is 1.95. The van der Waals surface area contributed by atoms with E-state index >= 15 is 0 Å². The van der Waals surface area contributed by atoms with Gasteiger partial charge in [0.1, 0.15) is 11.6 Å². The Labute approximate surface area is 129 Å². The molecule has 0 spiro atoms. The van der Waals surface area contributed by atoms with E-state index in [1.807, 2.05) is 25.5 Å². The smallest absolute Gasteiger partial charge is 0.273 e. The predicted molar refractivity (Wildman–Crippen MR) is 79.4 cm³/mol. The third-order valence-electron chi connectivity index (χ3n) is 4.21. The van der Waals surface area contributed by atoms with Gasteiger partial charge >= 0.3 is 0 Å². The van der Waals surface area contributed by atoms with Crippen molar-refractivity contribution in [1.29, 1.82) is 0 Å². The SMILES string of the molecule is CC(C)c1cc(C(=O)NCc2nnc(C3CCC3)n2C)no1. The van der Waals surface area contributed by atoms with Crippen LogP contribution in [0.15, 0.2) is 10.6 Å².